The molecule has 0 aliphatic carbocycles. The van der Waals surface area contributed by atoms with Crippen molar-refractivity contribution in [2.75, 3.05) is 0 Å². The normalized spacial score (nSPS) is 10.6. The van der Waals surface area contributed by atoms with Crippen LogP contribution in [0.3, 0.4) is 0 Å². The van der Waals surface area contributed by atoms with E-state index in [4.69, 9.17) is 5.11 Å². The summed E-state index contributed by atoms with van der Waals surface area (Å²) in [4.78, 5) is 40.4. The number of aryl methyl sites for hydroxylation is 1. The van der Waals surface area contributed by atoms with Gasteiger partial charge in [0.15, 0.2) is 0 Å². The lowest BCUT2D eigenvalue weighted by atomic mass is 10.2. The predicted octanol–water partition coefficient (Wildman–Crippen LogP) is -0.522. The summed E-state index contributed by atoms with van der Waals surface area (Å²) in [6, 6.07) is 1.50. The number of rotatable bonds is 2. The van der Waals surface area contributed by atoms with Gasteiger partial charge in [0.25, 0.3) is 5.56 Å². The van der Waals surface area contributed by atoms with Gasteiger partial charge in [-0.05, 0) is 13.0 Å². The van der Waals surface area contributed by atoms with Gasteiger partial charge in [0.2, 0.25) is 0 Å². The molecule has 0 atom stereocenters. The van der Waals surface area contributed by atoms with Crippen LogP contribution < -0.4 is 11.2 Å². The first-order valence-electron chi connectivity index (χ1n) is 4.81. The Labute approximate surface area is 94.4 Å². The van der Waals surface area contributed by atoms with Gasteiger partial charge in [0, 0.05) is 6.20 Å². The molecule has 0 aliphatic heterocycles. The van der Waals surface area contributed by atoms with Crippen LogP contribution in [0.15, 0.2) is 21.9 Å². The number of carboxylic acids is 1. The van der Waals surface area contributed by atoms with E-state index in [1.165, 1.54) is 12.3 Å². The highest BCUT2D eigenvalue weighted by molar-refractivity contribution is 5.79. The van der Waals surface area contributed by atoms with E-state index in [9.17, 15) is 14.4 Å². The van der Waals surface area contributed by atoms with Gasteiger partial charge in [-0.15, -0.1) is 0 Å². The van der Waals surface area contributed by atoms with Crippen molar-refractivity contribution in [3.05, 3.63) is 38.8 Å². The van der Waals surface area contributed by atoms with Crippen LogP contribution in [0.1, 0.15) is 5.69 Å². The van der Waals surface area contributed by atoms with E-state index in [1.807, 2.05) is 0 Å². The van der Waals surface area contributed by atoms with E-state index >= 15 is 0 Å². The third kappa shape index (κ3) is 1.82. The summed E-state index contributed by atoms with van der Waals surface area (Å²) in [5.41, 5.74) is -0.579. The van der Waals surface area contributed by atoms with Gasteiger partial charge in [-0.25, -0.2) is 9.36 Å². The van der Waals surface area contributed by atoms with Crippen molar-refractivity contribution in [2.24, 2.45) is 0 Å². The van der Waals surface area contributed by atoms with E-state index in [0.717, 1.165) is 0 Å². The highest BCUT2D eigenvalue weighted by Gasteiger charge is 2.12. The van der Waals surface area contributed by atoms with Crippen molar-refractivity contribution in [2.45, 2.75) is 13.5 Å². The fraction of sp³-hybridized carbons (Fsp3) is 0.200. The number of nitrogens with one attached hydrogen (secondary N) is 1. The van der Waals surface area contributed by atoms with Crippen LogP contribution in [0, 0.1) is 6.92 Å². The Kier molecular flexibility index (Phi) is 2.51. The highest BCUT2D eigenvalue weighted by Crippen LogP contribution is 2.06. The number of carbonyl (C=O) groups is 1. The molecule has 0 fully saturated rings. The quantitative estimate of drug-likeness (QED) is 0.728. The number of aromatic amines is 1. The van der Waals surface area contributed by atoms with Crippen molar-refractivity contribution in [3.8, 4) is 0 Å². The molecule has 17 heavy (non-hydrogen) atoms. The predicted molar refractivity (Wildman–Crippen MR) is 59.0 cm³/mol. The number of aromatic nitrogens is 3. The molecule has 2 N–H and O–H groups in total. The van der Waals surface area contributed by atoms with Crippen LogP contribution in [-0.4, -0.2) is 25.6 Å². The zero-order valence-electron chi connectivity index (χ0n) is 8.93. The standard InChI is InChI=1S/C10H9N3O4/c1-5-8-6(2-3-11-5)12-10(17)13(9(8)16)4-7(14)15/h2-3H,4H2,1H3,(H,12,17)(H,14,15). The Bertz CT molecular complexity index is 714. The Balaban J connectivity index is 2.88. The third-order valence-electron chi connectivity index (χ3n) is 2.38. The maximum absolute atomic E-state index is 11.9. The number of H-pyrrole nitrogens is 1. The largest absolute Gasteiger partial charge is 0.480 e. The number of hydrogen-bond acceptors (Lipinski definition) is 4. The minimum atomic E-state index is -1.25. The molecule has 0 saturated heterocycles. The SMILES string of the molecule is Cc1nccc2[nH]c(=O)n(CC(=O)O)c(=O)c12. The fourth-order valence-corrected chi connectivity index (χ4v) is 1.63. The first kappa shape index (κ1) is 11.1. The number of nitrogens with zero attached hydrogens (tertiary/aromatic N) is 2. The molecule has 0 amide bonds. The lowest BCUT2D eigenvalue weighted by molar-refractivity contribution is -0.137. The number of aliphatic carboxylic acids is 1. The second-order valence-corrected chi connectivity index (χ2v) is 3.53. The van der Waals surface area contributed by atoms with Crippen molar-refractivity contribution in [3.63, 3.8) is 0 Å². The van der Waals surface area contributed by atoms with Crippen LogP contribution in [0.5, 0.6) is 0 Å². The molecular formula is C10H9N3O4. The van der Waals surface area contributed by atoms with Gasteiger partial charge in [-0.3, -0.25) is 14.6 Å². The Morgan fingerprint density at radius 3 is 2.88 bits per heavy atom. The van der Waals surface area contributed by atoms with Crippen LogP contribution in [0.4, 0.5) is 0 Å². The molecule has 0 spiro atoms. The van der Waals surface area contributed by atoms with E-state index in [-0.39, 0.29) is 5.39 Å². The molecule has 0 unspecified atom stereocenters. The van der Waals surface area contributed by atoms with E-state index in [2.05, 4.69) is 9.97 Å². The maximum Gasteiger partial charge on any atom is 0.329 e. The molecule has 2 aromatic rings. The Morgan fingerprint density at radius 2 is 2.24 bits per heavy atom. The summed E-state index contributed by atoms with van der Waals surface area (Å²) in [7, 11) is 0. The average Bonchev–Trinajstić information content (AvgIpc) is 2.23. The van der Waals surface area contributed by atoms with Gasteiger partial charge < -0.3 is 10.1 Å². The van der Waals surface area contributed by atoms with Gasteiger partial charge in [0.05, 0.1) is 16.6 Å². The first-order chi connectivity index (χ1) is 8.00. The Morgan fingerprint density at radius 1 is 1.53 bits per heavy atom. The zero-order chi connectivity index (χ0) is 12.6. The van der Waals surface area contributed by atoms with Gasteiger partial charge in [-0.2, -0.15) is 0 Å². The third-order valence-corrected chi connectivity index (χ3v) is 2.38. The van der Waals surface area contributed by atoms with Crippen LogP contribution >= 0.6 is 0 Å². The summed E-state index contributed by atoms with van der Waals surface area (Å²) in [6.45, 7) is 0.950. The van der Waals surface area contributed by atoms with Crippen molar-refractivity contribution in [1.82, 2.24) is 14.5 Å². The molecule has 7 nitrogen and oxygen atoms in total. The molecule has 88 valence electrons. The minimum absolute atomic E-state index is 0.230. The monoisotopic (exact) mass is 235 g/mol. The maximum atomic E-state index is 11.9. The molecule has 0 bridgehead atoms. The number of fused-ring (bicyclic) bond motifs is 1. The lowest BCUT2D eigenvalue weighted by Crippen LogP contribution is -2.37. The lowest BCUT2D eigenvalue weighted by Gasteiger charge is -2.04. The number of hydrogen-bond donors (Lipinski definition) is 2. The molecule has 0 radical (unpaired) electrons. The van der Waals surface area contributed by atoms with Gasteiger partial charge >= 0.3 is 11.7 Å². The zero-order valence-corrected chi connectivity index (χ0v) is 8.93. The van der Waals surface area contributed by atoms with Crippen LogP contribution in [0.25, 0.3) is 10.9 Å². The molecule has 7 heteroatoms. The average molecular weight is 235 g/mol. The molecular weight excluding hydrogens is 226 g/mol. The number of carboxylic acid groups (broad SMARTS) is 1. The summed E-state index contributed by atoms with van der Waals surface area (Å²) >= 11 is 0. The first-order valence-corrected chi connectivity index (χ1v) is 4.81. The topological polar surface area (TPSA) is 105 Å². The summed E-state index contributed by atoms with van der Waals surface area (Å²) < 4.78 is 0.638. The molecule has 2 heterocycles. The number of pyridine rings is 1. The van der Waals surface area contributed by atoms with Crippen LogP contribution in [-0.2, 0) is 11.3 Å². The molecule has 2 aromatic heterocycles. The fourth-order valence-electron chi connectivity index (χ4n) is 1.63. The van der Waals surface area contributed by atoms with Gasteiger partial charge in [-0.1, -0.05) is 0 Å². The molecule has 0 saturated carbocycles. The van der Waals surface area contributed by atoms with Crippen molar-refractivity contribution >= 4 is 16.9 Å². The summed E-state index contributed by atoms with van der Waals surface area (Å²) in [5, 5.41) is 8.86. The summed E-state index contributed by atoms with van der Waals surface area (Å²) in [5.74, 6) is -1.25. The second kappa shape index (κ2) is 3.85. The van der Waals surface area contributed by atoms with Crippen LogP contribution in [0.2, 0.25) is 0 Å². The minimum Gasteiger partial charge on any atom is -0.480 e. The Hall–Kier alpha value is -2.44. The second-order valence-electron chi connectivity index (χ2n) is 3.53. The van der Waals surface area contributed by atoms with Crippen molar-refractivity contribution in [1.29, 1.82) is 0 Å². The van der Waals surface area contributed by atoms with Gasteiger partial charge in [0.1, 0.15) is 6.54 Å². The summed E-state index contributed by atoms with van der Waals surface area (Å²) in [6.07, 6.45) is 1.47. The molecule has 2 rings (SSSR count). The molecule has 0 aliphatic rings. The van der Waals surface area contributed by atoms with Crippen molar-refractivity contribution < 1.29 is 9.90 Å². The van der Waals surface area contributed by atoms with E-state index < -0.39 is 23.8 Å². The smallest absolute Gasteiger partial charge is 0.329 e. The van der Waals surface area contributed by atoms with E-state index in [0.29, 0.717) is 15.8 Å². The molecule has 0 aromatic carbocycles. The highest BCUT2D eigenvalue weighted by atomic mass is 16.4. The van der Waals surface area contributed by atoms with E-state index in [1.54, 1.807) is 6.92 Å².